The molecule has 0 radical (unpaired) electrons. The van der Waals surface area contributed by atoms with E-state index in [9.17, 15) is 13.2 Å². The minimum atomic E-state index is -3.54. The van der Waals surface area contributed by atoms with E-state index in [4.69, 9.17) is 4.74 Å². The number of aromatic nitrogens is 2. The van der Waals surface area contributed by atoms with Gasteiger partial charge in [-0.3, -0.25) is 0 Å². The number of rotatable bonds is 7. The SMILES string of the molecule is CCn1c(COC(=O)/C=C/c2cccs2)nc2cc(S(=O)(=O)N(C)C)ccc21. The van der Waals surface area contributed by atoms with Crippen molar-refractivity contribution in [1.82, 2.24) is 13.9 Å². The van der Waals surface area contributed by atoms with Crippen LogP contribution in [0.1, 0.15) is 17.6 Å². The molecule has 0 bridgehead atoms. The van der Waals surface area contributed by atoms with Gasteiger partial charge in [-0.25, -0.2) is 22.5 Å². The van der Waals surface area contributed by atoms with Gasteiger partial charge in [0.15, 0.2) is 0 Å². The number of imidazole rings is 1. The lowest BCUT2D eigenvalue weighted by atomic mass is 10.3. The highest BCUT2D eigenvalue weighted by molar-refractivity contribution is 7.89. The van der Waals surface area contributed by atoms with Gasteiger partial charge in [0.05, 0.1) is 15.9 Å². The lowest BCUT2D eigenvalue weighted by molar-refractivity contribution is -0.139. The molecule has 0 unspecified atom stereocenters. The van der Waals surface area contributed by atoms with Crippen molar-refractivity contribution >= 4 is 44.4 Å². The molecule has 0 amide bonds. The van der Waals surface area contributed by atoms with Crippen molar-refractivity contribution in [3.8, 4) is 0 Å². The second kappa shape index (κ2) is 8.26. The first kappa shape index (κ1) is 20.2. The fraction of sp³-hybridized carbons (Fsp3) is 0.263. The van der Waals surface area contributed by atoms with Gasteiger partial charge in [0.2, 0.25) is 10.0 Å². The van der Waals surface area contributed by atoms with Gasteiger partial charge >= 0.3 is 5.97 Å². The van der Waals surface area contributed by atoms with E-state index in [1.165, 1.54) is 31.5 Å². The monoisotopic (exact) mass is 419 g/mol. The normalized spacial score (nSPS) is 12.3. The van der Waals surface area contributed by atoms with Crippen LogP contribution >= 0.6 is 11.3 Å². The number of thiophene rings is 1. The smallest absolute Gasteiger partial charge is 0.331 e. The molecule has 1 aromatic carbocycles. The molecule has 2 heterocycles. The maximum atomic E-state index is 12.3. The third-order valence-electron chi connectivity index (χ3n) is 4.16. The fourth-order valence-corrected chi connectivity index (χ4v) is 4.25. The molecular weight excluding hydrogens is 398 g/mol. The number of hydrogen-bond acceptors (Lipinski definition) is 6. The second-order valence-electron chi connectivity index (χ2n) is 6.17. The third-order valence-corrected chi connectivity index (χ3v) is 6.81. The molecule has 0 aliphatic carbocycles. The Hall–Kier alpha value is -2.49. The lowest BCUT2D eigenvalue weighted by Crippen LogP contribution is -2.22. The Bertz CT molecular complexity index is 1110. The molecule has 148 valence electrons. The van der Waals surface area contributed by atoms with Gasteiger partial charge in [-0.15, -0.1) is 11.3 Å². The standard InChI is InChI=1S/C19H21N3O4S2/c1-4-22-17-9-8-15(28(24,25)21(2)3)12-16(17)20-18(22)13-26-19(23)10-7-14-6-5-11-27-14/h5-12H,4,13H2,1-3H3/b10-7+. The van der Waals surface area contributed by atoms with E-state index in [0.29, 0.717) is 17.9 Å². The van der Waals surface area contributed by atoms with Crippen LogP contribution in [-0.4, -0.2) is 42.3 Å². The molecule has 0 saturated heterocycles. The summed E-state index contributed by atoms with van der Waals surface area (Å²) in [7, 11) is -0.573. The van der Waals surface area contributed by atoms with Gasteiger partial charge in [0, 0.05) is 31.6 Å². The molecule has 28 heavy (non-hydrogen) atoms. The van der Waals surface area contributed by atoms with Crippen molar-refractivity contribution in [3.05, 3.63) is 52.5 Å². The molecule has 3 rings (SSSR count). The average Bonchev–Trinajstić information content (AvgIpc) is 3.30. The minimum absolute atomic E-state index is 0.00585. The summed E-state index contributed by atoms with van der Waals surface area (Å²) in [5, 5.41) is 1.93. The molecule has 0 aliphatic rings. The Morgan fingerprint density at radius 1 is 1.32 bits per heavy atom. The number of aryl methyl sites for hydroxylation is 1. The number of carbonyl (C=O) groups is 1. The highest BCUT2D eigenvalue weighted by atomic mass is 32.2. The summed E-state index contributed by atoms with van der Waals surface area (Å²) < 4.78 is 33.0. The zero-order valence-electron chi connectivity index (χ0n) is 15.8. The van der Waals surface area contributed by atoms with Crippen molar-refractivity contribution in [1.29, 1.82) is 0 Å². The summed E-state index contributed by atoms with van der Waals surface area (Å²) in [5.74, 6) is 0.105. The topological polar surface area (TPSA) is 81.5 Å². The minimum Gasteiger partial charge on any atom is -0.454 e. The van der Waals surface area contributed by atoms with Crippen LogP contribution in [0.15, 0.2) is 46.7 Å². The Labute approximate surface area is 167 Å². The van der Waals surface area contributed by atoms with Crippen LogP contribution in [0.25, 0.3) is 17.1 Å². The Morgan fingerprint density at radius 3 is 2.75 bits per heavy atom. The van der Waals surface area contributed by atoms with E-state index in [-0.39, 0.29) is 11.5 Å². The van der Waals surface area contributed by atoms with Gasteiger partial charge in [0.25, 0.3) is 0 Å². The first-order chi connectivity index (χ1) is 13.3. The highest BCUT2D eigenvalue weighted by Gasteiger charge is 2.19. The first-order valence-corrected chi connectivity index (χ1v) is 10.9. The van der Waals surface area contributed by atoms with E-state index in [0.717, 1.165) is 14.7 Å². The van der Waals surface area contributed by atoms with Crippen LogP contribution in [0.5, 0.6) is 0 Å². The van der Waals surface area contributed by atoms with Crippen LogP contribution in [0.3, 0.4) is 0 Å². The van der Waals surface area contributed by atoms with Crippen LogP contribution in [0.4, 0.5) is 0 Å². The third kappa shape index (κ3) is 4.16. The van der Waals surface area contributed by atoms with Crippen molar-refractivity contribution in [2.24, 2.45) is 0 Å². The van der Waals surface area contributed by atoms with Crippen LogP contribution < -0.4 is 0 Å². The molecule has 2 aromatic heterocycles. The number of fused-ring (bicyclic) bond motifs is 1. The van der Waals surface area contributed by atoms with Crippen molar-refractivity contribution in [3.63, 3.8) is 0 Å². The molecule has 0 fully saturated rings. The fourth-order valence-electron chi connectivity index (χ4n) is 2.71. The quantitative estimate of drug-likeness (QED) is 0.434. The molecular formula is C19H21N3O4S2. The molecule has 0 aliphatic heterocycles. The lowest BCUT2D eigenvalue weighted by Gasteiger charge is -2.11. The number of benzene rings is 1. The Kier molecular flexibility index (Phi) is 5.97. The van der Waals surface area contributed by atoms with Crippen molar-refractivity contribution in [2.45, 2.75) is 25.0 Å². The maximum Gasteiger partial charge on any atom is 0.331 e. The predicted octanol–water partition coefficient (Wildman–Crippen LogP) is 3.12. The van der Waals surface area contributed by atoms with Crippen LogP contribution in [0.2, 0.25) is 0 Å². The van der Waals surface area contributed by atoms with E-state index in [1.807, 2.05) is 29.0 Å². The number of sulfonamides is 1. The number of carbonyl (C=O) groups excluding carboxylic acids is 1. The van der Waals surface area contributed by atoms with Crippen molar-refractivity contribution < 1.29 is 17.9 Å². The highest BCUT2D eigenvalue weighted by Crippen LogP contribution is 2.22. The molecule has 0 N–H and O–H groups in total. The van der Waals surface area contributed by atoms with E-state index in [2.05, 4.69) is 4.98 Å². The predicted molar refractivity (Wildman–Crippen MR) is 109 cm³/mol. The molecule has 9 heteroatoms. The van der Waals surface area contributed by atoms with E-state index < -0.39 is 16.0 Å². The Balaban J connectivity index is 1.82. The van der Waals surface area contributed by atoms with Crippen LogP contribution in [0, 0.1) is 0 Å². The molecule has 3 aromatic rings. The zero-order valence-corrected chi connectivity index (χ0v) is 17.5. The number of ether oxygens (including phenoxy) is 1. The van der Waals surface area contributed by atoms with Gasteiger partial charge in [0.1, 0.15) is 12.4 Å². The van der Waals surface area contributed by atoms with E-state index in [1.54, 1.807) is 24.3 Å². The first-order valence-electron chi connectivity index (χ1n) is 8.63. The van der Waals surface area contributed by atoms with Crippen molar-refractivity contribution in [2.75, 3.05) is 14.1 Å². The van der Waals surface area contributed by atoms with Gasteiger partial charge in [-0.1, -0.05) is 6.07 Å². The molecule has 7 nitrogen and oxygen atoms in total. The van der Waals surface area contributed by atoms with Crippen LogP contribution in [-0.2, 0) is 32.7 Å². The Morgan fingerprint density at radius 2 is 2.11 bits per heavy atom. The zero-order chi connectivity index (χ0) is 20.3. The summed E-state index contributed by atoms with van der Waals surface area (Å²) in [4.78, 5) is 17.6. The second-order valence-corrected chi connectivity index (χ2v) is 9.30. The summed E-state index contributed by atoms with van der Waals surface area (Å²) in [6.45, 7) is 2.58. The number of esters is 1. The summed E-state index contributed by atoms with van der Waals surface area (Å²) >= 11 is 1.53. The van der Waals surface area contributed by atoms with E-state index >= 15 is 0 Å². The summed E-state index contributed by atoms with van der Waals surface area (Å²) in [6.07, 6.45) is 3.08. The van der Waals surface area contributed by atoms with Gasteiger partial charge in [-0.05, 0) is 42.6 Å². The molecule has 0 saturated carbocycles. The largest absolute Gasteiger partial charge is 0.454 e. The molecule has 0 spiro atoms. The molecule has 0 atom stereocenters. The summed E-state index contributed by atoms with van der Waals surface area (Å²) in [5.41, 5.74) is 1.34. The summed E-state index contributed by atoms with van der Waals surface area (Å²) in [6, 6.07) is 8.64. The maximum absolute atomic E-state index is 12.3. The van der Waals surface area contributed by atoms with Gasteiger partial charge in [-0.2, -0.15) is 0 Å². The number of nitrogens with zero attached hydrogens (tertiary/aromatic N) is 3. The number of hydrogen-bond donors (Lipinski definition) is 0. The average molecular weight is 420 g/mol. The van der Waals surface area contributed by atoms with Gasteiger partial charge < -0.3 is 9.30 Å².